The molecule has 0 saturated carbocycles. The molecular formula is C13H18N2O5. The quantitative estimate of drug-likeness (QED) is 0.396. The third kappa shape index (κ3) is 5.21. The Morgan fingerprint density at radius 2 is 1.85 bits per heavy atom. The molecule has 110 valence electrons. The van der Waals surface area contributed by atoms with Crippen molar-refractivity contribution in [2.24, 2.45) is 0 Å². The monoisotopic (exact) mass is 282 g/mol. The van der Waals surface area contributed by atoms with E-state index >= 15 is 0 Å². The first kappa shape index (κ1) is 15.9. The fourth-order valence-electron chi connectivity index (χ4n) is 1.66. The zero-order valence-corrected chi connectivity index (χ0v) is 11.2. The van der Waals surface area contributed by atoms with Crippen LogP contribution < -0.4 is 5.32 Å². The number of hydroxylamine groups is 2. The average molecular weight is 282 g/mol. The molecule has 1 aliphatic heterocycles. The number of hydrogen-bond acceptors (Lipinski definition) is 5. The van der Waals surface area contributed by atoms with E-state index < -0.39 is 17.8 Å². The van der Waals surface area contributed by atoms with E-state index in [1.165, 1.54) is 6.08 Å². The highest BCUT2D eigenvalue weighted by Crippen LogP contribution is 2.13. The van der Waals surface area contributed by atoms with Crippen LogP contribution >= 0.6 is 0 Å². The van der Waals surface area contributed by atoms with Crippen molar-refractivity contribution in [1.82, 2.24) is 10.4 Å². The van der Waals surface area contributed by atoms with Crippen LogP contribution in [0.25, 0.3) is 0 Å². The van der Waals surface area contributed by atoms with E-state index in [2.05, 4.69) is 11.9 Å². The molecular weight excluding hydrogens is 264 g/mol. The third-order valence-electron chi connectivity index (χ3n) is 2.74. The Bertz CT molecular complexity index is 403. The second kappa shape index (κ2) is 8.08. The fourth-order valence-corrected chi connectivity index (χ4v) is 1.66. The molecule has 0 aromatic carbocycles. The van der Waals surface area contributed by atoms with Crippen LogP contribution in [-0.4, -0.2) is 35.3 Å². The van der Waals surface area contributed by atoms with Gasteiger partial charge in [-0.15, -0.1) is 5.06 Å². The van der Waals surface area contributed by atoms with E-state index in [1.807, 2.05) is 0 Å². The van der Waals surface area contributed by atoms with Crippen LogP contribution in [0.3, 0.4) is 0 Å². The molecule has 1 saturated heterocycles. The molecule has 0 atom stereocenters. The van der Waals surface area contributed by atoms with Crippen LogP contribution in [-0.2, 0) is 24.0 Å². The van der Waals surface area contributed by atoms with Crippen LogP contribution in [0.4, 0.5) is 0 Å². The summed E-state index contributed by atoms with van der Waals surface area (Å²) in [5.41, 5.74) is 0. The molecule has 1 heterocycles. The van der Waals surface area contributed by atoms with E-state index in [9.17, 15) is 19.2 Å². The minimum Gasteiger partial charge on any atom is -0.353 e. The summed E-state index contributed by atoms with van der Waals surface area (Å²) < 4.78 is 0. The first-order valence-corrected chi connectivity index (χ1v) is 6.51. The highest BCUT2D eigenvalue weighted by molar-refractivity contribution is 6.01. The van der Waals surface area contributed by atoms with Crippen molar-refractivity contribution in [2.45, 2.75) is 38.5 Å². The van der Waals surface area contributed by atoms with Gasteiger partial charge in [-0.3, -0.25) is 14.4 Å². The Kier molecular flexibility index (Phi) is 6.42. The van der Waals surface area contributed by atoms with E-state index in [1.54, 1.807) is 0 Å². The summed E-state index contributed by atoms with van der Waals surface area (Å²) in [4.78, 5) is 49.4. The summed E-state index contributed by atoms with van der Waals surface area (Å²) in [5, 5.41) is 3.17. The molecule has 0 aromatic heterocycles. The van der Waals surface area contributed by atoms with Crippen molar-refractivity contribution in [2.75, 3.05) is 6.54 Å². The van der Waals surface area contributed by atoms with Crippen LogP contribution in [0.5, 0.6) is 0 Å². The minimum absolute atomic E-state index is 0.0924. The van der Waals surface area contributed by atoms with E-state index in [4.69, 9.17) is 4.84 Å². The van der Waals surface area contributed by atoms with Crippen molar-refractivity contribution in [3.05, 3.63) is 12.7 Å². The molecule has 3 amide bonds. The summed E-state index contributed by atoms with van der Waals surface area (Å²) in [6.45, 7) is 3.84. The second-order valence-electron chi connectivity index (χ2n) is 4.35. The zero-order chi connectivity index (χ0) is 15.0. The van der Waals surface area contributed by atoms with Gasteiger partial charge in [0.1, 0.15) is 0 Å². The molecule has 0 radical (unpaired) electrons. The predicted molar refractivity (Wildman–Crippen MR) is 68.9 cm³/mol. The van der Waals surface area contributed by atoms with Crippen LogP contribution in [0.2, 0.25) is 0 Å². The van der Waals surface area contributed by atoms with Crippen molar-refractivity contribution in [3.8, 4) is 0 Å². The maximum Gasteiger partial charge on any atom is 0.333 e. The number of nitrogens with one attached hydrogen (secondary N) is 1. The van der Waals surface area contributed by atoms with Gasteiger partial charge in [-0.05, 0) is 18.9 Å². The zero-order valence-electron chi connectivity index (χ0n) is 11.2. The summed E-state index contributed by atoms with van der Waals surface area (Å²) >= 11 is 0. The summed E-state index contributed by atoms with van der Waals surface area (Å²) in [6, 6.07) is 0. The van der Waals surface area contributed by atoms with Crippen LogP contribution in [0.1, 0.15) is 38.5 Å². The van der Waals surface area contributed by atoms with Gasteiger partial charge in [-0.25, -0.2) is 4.79 Å². The Morgan fingerprint density at radius 1 is 1.20 bits per heavy atom. The lowest BCUT2D eigenvalue weighted by atomic mass is 10.2. The Balaban J connectivity index is 2.08. The van der Waals surface area contributed by atoms with Gasteiger partial charge in [-0.2, -0.15) is 0 Å². The highest BCUT2D eigenvalue weighted by atomic mass is 16.7. The topological polar surface area (TPSA) is 92.8 Å². The first-order chi connectivity index (χ1) is 9.54. The number of amides is 3. The predicted octanol–water partition coefficient (Wildman–Crippen LogP) is 0.456. The van der Waals surface area contributed by atoms with Gasteiger partial charge in [0.15, 0.2) is 0 Å². The van der Waals surface area contributed by atoms with E-state index in [0.29, 0.717) is 18.0 Å². The molecule has 0 unspecified atom stereocenters. The third-order valence-corrected chi connectivity index (χ3v) is 2.74. The van der Waals surface area contributed by atoms with Gasteiger partial charge >= 0.3 is 5.97 Å². The molecule has 0 spiro atoms. The lowest BCUT2D eigenvalue weighted by molar-refractivity contribution is -0.197. The number of imide groups is 1. The number of rotatable bonds is 8. The molecule has 0 aromatic rings. The molecule has 1 N–H and O–H groups in total. The summed E-state index contributed by atoms with van der Waals surface area (Å²) in [5.74, 6) is -1.77. The second-order valence-corrected chi connectivity index (χ2v) is 4.35. The molecule has 0 bridgehead atoms. The lowest BCUT2D eigenvalue weighted by Gasteiger charge is -2.12. The van der Waals surface area contributed by atoms with Gasteiger partial charge < -0.3 is 10.2 Å². The molecule has 7 heteroatoms. The van der Waals surface area contributed by atoms with Crippen molar-refractivity contribution in [1.29, 1.82) is 0 Å². The maximum absolute atomic E-state index is 11.4. The number of carbonyl (C=O) groups is 4. The van der Waals surface area contributed by atoms with Gasteiger partial charge in [0.2, 0.25) is 5.91 Å². The molecule has 20 heavy (non-hydrogen) atoms. The van der Waals surface area contributed by atoms with Crippen molar-refractivity contribution >= 4 is 23.7 Å². The SMILES string of the molecule is C=CC(=O)NCCCCCC(=O)ON1C(=O)CCC1=O. The van der Waals surface area contributed by atoms with Crippen molar-refractivity contribution in [3.63, 3.8) is 0 Å². The van der Waals surface area contributed by atoms with E-state index in [0.717, 1.165) is 12.8 Å². The van der Waals surface area contributed by atoms with Gasteiger partial charge in [0.05, 0.1) is 0 Å². The number of nitrogens with zero attached hydrogens (tertiary/aromatic N) is 1. The Morgan fingerprint density at radius 3 is 2.45 bits per heavy atom. The van der Waals surface area contributed by atoms with E-state index in [-0.39, 0.29) is 25.2 Å². The number of unbranched alkanes of at least 4 members (excludes halogenated alkanes) is 2. The normalized spacial score (nSPS) is 14.3. The van der Waals surface area contributed by atoms with Gasteiger partial charge in [-0.1, -0.05) is 13.0 Å². The molecule has 1 rings (SSSR count). The smallest absolute Gasteiger partial charge is 0.333 e. The molecule has 0 aliphatic carbocycles. The molecule has 1 fully saturated rings. The molecule has 1 aliphatic rings. The highest BCUT2D eigenvalue weighted by Gasteiger charge is 2.32. The first-order valence-electron chi connectivity index (χ1n) is 6.51. The lowest BCUT2D eigenvalue weighted by Crippen LogP contribution is -2.31. The van der Waals surface area contributed by atoms with Crippen LogP contribution in [0.15, 0.2) is 12.7 Å². The van der Waals surface area contributed by atoms with Gasteiger partial charge in [0, 0.05) is 25.8 Å². The number of hydrogen-bond donors (Lipinski definition) is 1. The Labute approximate surface area is 116 Å². The van der Waals surface area contributed by atoms with Gasteiger partial charge in [0.25, 0.3) is 11.8 Å². The standard InChI is InChI=1S/C13H18N2O5/c1-2-10(16)14-9-5-3-4-6-13(19)20-15-11(17)7-8-12(15)18/h2H,1,3-9H2,(H,14,16). The Hall–Kier alpha value is -2.18. The largest absolute Gasteiger partial charge is 0.353 e. The molecule has 7 nitrogen and oxygen atoms in total. The summed E-state index contributed by atoms with van der Waals surface area (Å²) in [7, 11) is 0. The minimum atomic E-state index is -0.594. The van der Waals surface area contributed by atoms with Crippen LogP contribution in [0, 0.1) is 0 Å². The maximum atomic E-state index is 11.4. The number of carbonyl (C=O) groups excluding carboxylic acids is 4. The fraction of sp³-hybridized carbons (Fsp3) is 0.538. The summed E-state index contributed by atoms with van der Waals surface area (Å²) in [6.07, 6.45) is 3.54. The van der Waals surface area contributed by atoms with Crippen molar-refractivity contribution < 1.29 is 24.0 Å². The average Bonchev–Trinajstić information content (AvgIpc) is 2.74.